The molecule has 0 atom stereocenters. The number of ether oxygens (including phenoxy) is 1. The standard InChI is InChI=1S/C25H27NO2/c1-19-13-14-20(2)24(17-19)28-16-15-26-25(27)18-23(21-9-5-3-6-10-21)22-11-7-4-8-12-22/h3-14,17,23H,15-16,18H2,1-2H3,(H,26,27). The van der Waals surface area contributed by atoms with Crippen LogP contribution in [0.1, 0.15) is 34.6 Å². The molecule has 28 heavy (non-hydrogen) atoms. The zero-order valence-electron chi connectivity index (χ0n) is 16.5. The van der Waals surface area contributed by atoms with Crippen molar-refractivity contribution in [3.63, 3.8) is 0 Å². The van der Waals surface area contributed by atoms with Crippen molar-refractivity contribution in [2.24, 2.45) is 0 Å². The van der Waals surface area contributed by atoms with Crippen molar-refractivity contribution in [2.45, 2.75) is 26.2 Å². The van der Waals surface area contributed by atoms with E-state index in [2.05, 4.69) is 35.6 Å². The van der Waals surface area contributed by atoms with Gasteiger partial charge in [-0.3, -0.25) is 4.79 Å². The van der Waals surface area contributed by atoms with E-state index >= 15 is 0 Å². The third-order valence-corrected chi connectivity index (χ3v) is 4.82. The Kier molecular flexibility index (Phi) is 6.85. The highest BCUT2D eigenvalue weighted by molar-refractivity contribution is 5.77. The van der Waals surface area contributed by atoms with Crippen LogP contribution in [0.5, 0.6) is 5.75 Å². The highest BCUT2D eigenvalue weighted by Gasteiger charge is 2.17. The summed E-state index contributed by atoms with van der Waals surface area (Å²) < 4.78 is 5.83. The molecule has 3 aromatic carbocycles. The molecule has 3 nitrogen and oxygen atoms in total. The summed E-state index contributed by atoms with van der Waals surface area (Å²) >= 11 is 0. The molecule has 0 saturated carbocycles. The van der Waals surface area contributed by atoms with Gasteiger partial charge in [0.1, 0.15) is 12.4 Å². The number of amides is 1. The molecule has 3 rings (SSSR count). The average molecular weight is 373 g/mol. The van der Waals surface area contributed by atoms with Gasteiger partial charge in [-0.2, -0.15) is 0 Å². The topological polar surface area (TPSA) is 38.3 Å². The summed E-state index contributed by atoms with van der Waals surface area (Å²) in [6.45, 7) is 5.01. The first-order valence-corrected chi connectivity index (χ1v) is 9.70. The molecule has 1 N–H and O–H groups in total. The maximum atomic E-state index is 12.6. The van der Waals surface area contributed by atoms with Crippen molar-refractivity contribution in [3.05, 3.63) is 101 Å². The second kappa shape index (κ2) is 9.75. The van der Waals surface area contributed by atoms with Crippen LogP contribution < -0.4 is 10.1 Å². The van der Waals surface area contributed by atoms with Crippen molar-refractivity contribution < 1.29 is 9.53 Å². The van der Waals surface area contributed by atoms with Crippen LogP contribution in [-0.4, -0.2) is 19.1 Å². The van der Waals surface area contributed by atoms with E-state index in [4.69, 9.17) is 4.74 Å². The van der Waals surface area contributed by atoms with Gasteiger partial charge in [-0.25, -0.2) is 0 Å². The first kappa shape index (κ1) is 19.7. The van der Waals surface area contributed by atoms with Crippen LogP contribution in [0.2, 0.25) is 0 Å². The van der Waals surface area contributed by atoms with E-state index in [-0.39, 0.29) is 11.8 Å². The highest BCUT2D eigenvalue weighted by Crippen LogP contribution is 2.27. The minimum absolute atomic E-state index is 0.0299. The van der Waals surface area contributed by atoms with Crippen LogP contribution in [0.15, 0.2) is 78.9 Å². The Morgan fingerprint density at radius 3 is 2.11 bits per heavy atom. The van der Waals surface area contributed by atoms with Crippen LogP contribution >= 0.6 is 0 Å². The Labute approximate surface area is 167 Å². The number of carbonyl (C=O) groups excluding carboxylic acids is 1. The molecule has 0 saturated heterocycles. The second-order valence-electron chi connectivity index (χ2n) is 7.05. The number of rotatable bonds is 8. The molecule has 0 heterocycles. The summed E-state index contributed by atoms with van der Waals surface area (Å²) in [6, 6.07) is 26.5. The van der Waals surface area contributed by atoms with E-state index in [1.54, 1.807) is 0 Å². The zero-order chi connectivity index (χ0) is 19.8. The van der Waals surface area contributed by atoms with E-state index in [1.807, 2.05) is 62.4 Å². The summed E-state index contributed by atoms with van der Waals surface area (Å²) in [6.07, 6.45) is 0.414. The lowest BCUT2D eigenvalue weighted by Gasteiger charge is -2.18. The number of benzene rings is 3. The van der Waals surface area contributed by atoms with Gasteiger partial charge in [0.15, 0.2) is 0 Å². The number of hydrogen-bond donors (Lipinski definition) is 1. The number of aryl methyl sites for hydroxylation is 2. The Bertz CT molecular complexity index is 851. The predicted molar refractivity (Wildman–Crippen MR) is 114 cm³/mol. The van der Waals surface area contributed by atoms with E-state index in [0.717, 1.165) is 28.0 Å². The summed E-state index contributed by atoms with van der Waals surface area (Å²) in [5.74, 6) is 0.949. The summed E-state index contributed by atoms with van der Waals surface area (Å²) in [7, 11) is 0. The number of nitrogens with one attached hydrogen (secondary N) is 1. The molecule has 0 aliphatic rings. The maximum absolute atomic E-state index is 12.6. The third kappa shape index (κ3) is 5.46. The molecule has 0 fully saturated rings. The fraction of sp³-hybridized carbons (Fsp3) is 0.240. The Morgan fingerprint density at radius 2 is 1.50 bits per heavy atom. The lowest BCUT2D eigenvalue weighted by Crippen LogP contribution is -2.29. The third-order valence-electron chi connectivity index (χ3n) is 4.82. The van der Waals surface area contributed by atoms with Crippen molar-refractivity contribution in [1.82, 2.24) is 5.32 Å². The predicted octanol–water partition coefficient (Wildman–Crippen LogP) is 5.02. The van der Waals surface area contributed by atoms with Crippen molar-refractivity contribution in [1.29, 1.82) is 0 Å². The second-order valence-corrected chi connectivity index (χ2v) is 7.05. The van der Waals surface area contributed by atoms with Crippen molar-refractivity contribution in [3.8, 4) is 5.75 Å². The summed E-state index contributed by atoms with van der Waals surface area (Å²) in [4.78, 5) is 12.6. The van der Waals surface area contributed by atoms with Crippen LogP contribution in [0.25, 0.3) is 0 Å². The van der Waals surface area contributed by atoms with Crippen molar-refractivity contribution in [2.75, 3.05) is 13.2 Å². The van der Waals surface area contributed by atoms with Gasteiger partial charge in [-0.15, -0.1) is 0 Å². The first-order valence-electron chi connectivity index (χ1n) is 9.70. The van der Waals surface area contributed by atoms with Crippen LogP contribution in [0, 0.1) is 13.8 Å². The molecule has 1 amide bonds. The lowest BCUT2D eigenvalue weighted by atomic mass is 9.88. The molecule has 0 aliphatic heterocycles. The van der Waals surface area contributed by atoms with Gasteiger partial charge in [0.05, 0.1) is 6.54 Å². The average Bonchev–Trinajstić information content (AvgIpc) is 2.73. The minimum atomic E-state index is 0.0299. The molecule has 3 aromatic rings. The van der Waals surface area contributed by atoms with Crippen molar-refractivity contribution >= 4 is 5.91 Å². The van der Waals surface area contributed by atoms with Gasteiger partial charge in [0.25, 0.3) is 0 Å². The molecular formula is C25H27NO2. The van der Waals surface area contributed by atoms with Gasteiger partial charge < -0.3 is 10.1 Å². The molecular weight excluding hydrogens is 346 g/mol. The van der Waals surface area contributed by atoms with Gasteiger partial charge in [-0.1, -0.05) is 72.8 Å². The molecule has 0 aromatic heterocycles. The number of hydrogen-bond acceptors (Lipinski definition) is 2. The van der Waals surface area contributed by atoms with Crippen LogP contribution in [0.3, 0.4) is 0 Å². The van der Waals surface area contributed by atoms with Gasteiger partial charge in [0.2, 0.25) is 5.91 Å². The zero-order valence-corrected chi connectivity index (χ0v) is 16.5. The van der Waals surface area contributed by atoms with E-state index in [0.29, 0.717) is 19.6 Å². The molecule has 0 spiro atoms. The number of carbonyl (C=O) groups is 1. The van der Waals surface area contributed by atoms with E-state index in [1.165, 1.54) is 0 Å². The van der Waals surface area contributed by atoms with Crippen LogP contribution in [-0.2, 0) is 4.79 Å². The molecule has 144 valence electrons. The highest BCUT2D eigenvalue weighted by atomic mass is 16.5. The molecule has 0 radical (unpaired) electrons. The van der Waals surface area contributed by atoms with E-state index < -0.39 is 0 Å². The Morgan fingerprint density at radius 1 is 0.893 bits per heavy atom. The normalized spacial score (nSPS) is 10.7. The minimum Gasteiger partial charge on any atom is -0.491 e. The quantitative estimate of drug-likeness (QED) is 0.563. The van der Waals surface area contributed by atoms with E-state index in [9.17, 15) is 4.79 Å². The summed E-state index contributed by atoms with van der Waals surface area (Å²) in [5, 5.41) is 2.99. The Hall–Kier alpha value is -3.07. The molecule has 3 heteroatoms. The fourth-order valence-corrected chi connectivity index (χ4v) is 3.27. The molecule has 0 aliphatic carbocycles. The SMILES string of the molecule is Cc1ccc(C)c(OCCNC(=O)CC(c2ccccc2)c2ccccc2)c1. The fourth-order valence-electron chi connectivity index (χ4n) is 3.27. The van der Waals surface area contributed by atoms with Crippen LogP contribution in [0.4, 0.5) is 0 Å². The maximum Gasteiger partial charge on any atom is 0.221 e. The lowest BCUT2D eigenvalue weighted by molar-refractivity contribution is -0.121. The van der Waals surface area contributed by atoms with Gasteiger partial charge >= 0.3 is 0 Å². The molecule has 0 unspecified atom stereocenters. The monoisotopic (exact) mass is 373 g/mol. The smallest absolute Gasteiger partial charge is 0.221 e. The largest absolute Gasteiger partial charge is 0.491 e. The van der Waals surface area contributed by atoms with Gasteiger partial charge in [-0.05, 0) is 42.2 Å². The summed E-state index contributed by atoms with van der Waals surface area (Å²) in [5.41, 5.74) is 4.56. The Balaban J connectivity index is 1.56. The van der Waals surface area contributed by atoms with Gasteiger partial charge in [0, 0.05) is 12.3 Å². The molecule has 0 bridgehead atoms. The first-order chi connectivity index (χ1) is 13.6.